The Bertz CT molecular complexity index is 641. The van der Waals surface area contributed by atoms with E-state index < -0.39 is 0 Å². The van der Waals surface area contributed by atoms with E-state index in [0.29, 0.717) is 11.3 Å². The Labute approximate surface area is 126 Å². The zero-order valence-electron chi connectivity index (χ0n) is 11.4. The van der Waals surface area contributed by atoms with Crippen LogP contribution in [0.25, 0.3) is 0 Å². The number of anilines is 3. The molecule has 0 aliphatic carbocycles. The Morgan fingerprint density at radius 3 is 2.60 bits per heavy atom. The van der Waals surface area contributed by atoms with E-state index in [2.05, 4.69) is 21.2 Å². The van der Waals surface area contributed by atoms with Gasteiger partial charge in [-0.05, 0) is 36.4 Å². The van der Waals surface area contributed by atoms with Gasteiger partial charge in [-0.15, -0.1) is 0 Å². The van der Waals surface area contributed by atoms with Crippen molar-refractivity contribution < 1.29 is 4.79 Å². The molecule has 0 atom stereocenters. The summed E-state index contributed by atoms with van der Waals surface area (Å²) in [4.78, 5) is 14.2. The topological polar surface area (TPSA) is 58.4 Å². The van der Waals surface area contributed by atoms with E-state index in [1.807, 2.05) is 43.3 Å². The van der Waals surface area contributed by atoms with Gasteiger partial charge in [0, 0.05) is 35.6 Å². The second kappa shape index (κ2) is 5.96. The number of hydrogen-bond acceptors (Lipinski definition) is 3. The minimum atomic E-state index is -0.217. The molecule has 0 saturated carbocycles. The molecule has 0 aromatic heterocycles. The van der Waals surface area contributed by atoms with Gasteiger partial charge in [0.15, 0.2) is 0 Å². The summed E-state index contributed by atoms with van der Waals surface area (Å²) in [5, 5.41) is 2.85. The fourth-order valence-corrected chi connectivity index (χ4v) is 2.18. The molecule has 3 N–H and O–H groups in total. The van der Waals surface area contributed by atoms with Gasteiger partial charge in [0.25, 0.3) is 5.91 Å². The lowest BCUT2D eigenvalue weighted by atomic mass is 10.1. The monoisotopic (exact) mass is 333 g/mol. The highest BCUT2D eigenvalue weighted by Gasteiger charge is 2.10. The fraction of sp³-hybridized carbons (Fsp3) is 0.133. The lowest BCUT2D eigenvalue weighted by molar-refractivity contribution is 0.102. The summed E-state index contributed by atoms with van der Waals surface area (Å²) in [6.07, 6.45) is 0. The van der Waals surface area contributed by atoms with Crippen LogP contribution >= 0.6 is 15.9 Å². The molecule has 0 aliphatic heterocycles. The average molecular weight is 334 g/mol. The van der Waals surface area contributed by atoms with Crippen LogP contribution in [0.4, 0.5) is 17.1 Å². The molecule has 104 valence electrons. The molecule has 0 saturated heterocycles. The Balaban J connectivity index is 2.21. The highest BCUT2D eigenvalue weighted by Crippen LogP contribution is 2.21. The van der Waals surface area contributed by atoms with Gasteiger partial charge < -0.3 is 16.0 Å². The predicted molar refractivity (Wildman–Crippen MR) is 87.3 cm³/mol. The van der Waals surface area contributed by atoms with Crippen molar-refractivity contribution in [1.82, 2.24) is 0 Å². The number of hydrogen-bond donors (Lipinski definition) is 2. The molecule has 4 nitrogen and oxygen atoms in total. The molecule has 0 fully saturated rings. The van der Waals surface area contributed by atoms with Crippen molar-refractivity contribution in [3.63, 3.8) is 0 Å². The lowest BCUT2D eigenvalue weighted by Crippen LogP contribution is -2.15. The summed E-state index contributed by atoms with van der Waals surface area (Å²) in [5.74, 6) is -0.217. The van der Waals surface area contributed by atoms with E-state index in [1.165, 1.54) is 0 Å². The summed E-state index contributed by atoms with van der Waals surface area (Å²) in [6.45, 7) is 0. The SMILES string of the molecule is CN(C)c1cccc(NC(=O)c2ccc(Br)cc2N)c1. The molecular formula is C15H16BrN3O. The van der Waals surface area contributed by atoms with E-state index in [4.69, 9.17) is 5.73 Å². The molecule has 0 bridgehead atoms. The first-order chi connectivity index (χ1) is 9.47. The molecule has 2 rings (SSSR count). The van der Waals surface area contributed by atoms with Crippen molar-refractivity contribution >= 4 is 38.9 Å². The molecule has 2 aromatic carbocycles. The highest BCUT2D eigenvalue weighted by molar-refractivity contribution is 9.10. The summed E-state index contributed by atoms with van der Waals surface area (Å²) in [7, 11) is 3.90. The van der Waals surface area contributed by atoms with Crippen LogP contribution in [0.15, 0.2) is 46.9 Å². The fourth-order valence-electron chi connectivity index (χ4n) is 1.80. The minimum absolute atomic E-state index is 0.217. The lowest BCUT2D eigenvalue weighted by Gasteiger charge is -2.14. The minimum Gasteiger partial charge on any atom is -0.398 e. The number of rotatable bonds is 3. The van der Waals surface area contributed by atoms with Crippen LogP contribution < -0.4 is 16.0 Å². The van der Waals surface area contributed by atoms with Gasteiger partial charge in [-0.1, -0.05) is 22.0 Å². The molecule has 0 spiro atoms. The Kier molecular flexibility index (Phi) is 4.29. The van der Waals surface area contributed by atoms with Crippen LogP contribution in [0.5, 0.6) is 0 Å². The molecule has 0 radical (unpaired) electrons. The number of nitrogens with two attached hydrogens (primary N) is 1. The van der Waals surface area contributed by atoms with E-state index in [0.717, 1.165) is 15.8 Å². The first-order valence-corrected chi connectivity index (χ1v) is 6.90. The van der Waals surface area contributed by atoms with Gasteiger partial charge in [-0.2, -0.15) is 0 Å². The summed E-state index contributed by atoms with van der Waals surface area (Å²) in [5.41, 5.74) is 8.52. The Morgan fingerprint density at radius 2 is 1.95 bits per heavy atom. The van der Waals surface area contributed by atoms with E-state index in [9.17, 15) is 4.79 Å². The number of benzene rings is 2. The van der Waals surface area contributed by atoms with Crippen molar-refractivity contribution in [1.29, 1.82) is 0 Å². The van der Waals surface area contributed by atoms with Crippen molar-refractivity contribution in [3.05, 3.63) is 52.5 Å². The van der Waals surface area contributed by atoms with Crippen molar-refractivity contribution in [3.8, 4) is 0 Å². The van der Waals surface area contributed by atoms with Crippen molar-refractivity contribution in [2.24, 2.45) is 0 Å². The van der Waals surface area contributed by atoms with Crippen LogP contribution in [0.2, 0.25) is 0 Å². The number of nitrogens with one attached hydrogen (secondary N) is 1. The zero-order valence-corrected chi connectivity index (χ0v) is 12.9. The van der Waals surface area contributed by atoms with E-state index in [1.54, 1.807) is 18.2 Å². The van der Waals surface area contributed by atoms with E-state index in [-0.39, 0.29) is 5.91 Å². The molecule has 0 unspecified atom stereocenters. The van der Waals surface area contributed by atoms with Gasteiger partial charge in [-0.3, -0.25) is 4.79 Å². The van der Waals surface area contributed by atoms with Crippen LogP contribution in [-0.4, -0.2) is 20.0 Å². The zero-order chi connectivity index (χ0) is 14.7. The molecular weight excluding hydrogens is 318 g/mol. The predicted octanol–water partition coefficient (Wildman–Crippen LogP) is 3.35. The second-order valence-corrected chi connectivity index (χ2v) is 5.55. The standard InChI is InChI=1S/C15H16BrN3O/c1-19(2)12-5-3-4-11(9-12)18-15(20)13-7-6-10(16)8-14(13)17/h3-9H,17H2,1-2H3,(H,18,20). The van der Waals surface area contributed by atoms with Gasteiger partial charge in [0.1, 0.15) is 0 Å². The molecule has 5 heteroatoms. The number of amides is 1. The maximum absolute atomic E-state index is 12.2. The summed E-state index contributed by atoms with van der Waals surface area (Å²) in [6, 6.07) is 12.8. The molecule has 1 amide bonds. The Morgan fingerprint density at radius 1 is 1.20 bits per heavy atom. The number of carbonyl (C=O) groups is 1. The molecule has 0 aliphatic rings. The van der Waals surface area contributed by atoms with Gasteiger partial charge in [0.05, 0.1) is 5.56 Å². The van der Waals surface area contributed by atoms with Gasteiger partial charge >= 0.3 is 0 Å². The average Bonchev–Trinajstić information content (AvgIpc) is 2.38. The van der Waals surface area contributed by atoms with Crippen LogP contribution in [-0.2, 0) is 0 Å². The molecule has 0 heterocycles. The van der Waals surface area contributed by atoms with Gasteiger partial charge in [0.2, 0.25) is 0 Å². The Hall–Kier alpha value is -2.01. The summed E-state index contributed by atoms with van der Waals surface area (Å²) < 4.78 is 0.848. The van der Waals surface area contributed by atoms with Crippen LogP contribution in [0.3, 0.4) is 0 Å². The first-order valence-electron chi connectivity index (χ1n) is 6.11. The smallest absolute Gasteiger partial charge is 0.257 e. The molecule has 20 heavy (non-hydrogen) atoms. The van der Waals surface area contributed by atoms with Gasteiger partial charge in [-0.25, -0.2) is 0 Å². The number of halogens is 1. The highest BCUT2D eigenvalue weighted by atomic mass is 79.9. The third-order valence-corrected chi connectivity index (χ3v) is 3.37. The summed E-state index contributed by atoms with van der Waals surface area (Å²) >= 11 is 3.32. The van der Waals surface area contributed by atoms with E-state index >= 15 is 0 Å². The van der Waals surface area contributed by atoms with Crippen LogP contribution in [0.1, 0.15) is 10.4 Å². The number of nitrogens with zero attached hydrogens (tertiary/aromatic N) is 1. The van der Waals surface area contributed by atoms with Crippen molar-refractivity contribution in [2.45, 2.75) is 0 Å². The second-order valence-electron chi connectivity index (χ2n) is 4.63. The van der Waals surface area contributed by atoms with Crippen molar-refractivity contribution in [2.75, 3.05) is 30.0 Å². The molecule has 2 aromatic rings. The third kappa shape index (κ3) is 3.30. The number of carbonyl (C=O) groups excluding carboxylic acids is 1. The third-order valence-electron chi connectivity index (χ3n) is 2.88. The maximum Gasteiger partial charge on any atom is 0.257 e. The quantitative estimate of drug-likeness (QED) is 0.847. The van der Waals surface area contributed by atoms with Crippen LogP contribution in [0, 0.1) is 0 Å². The maximum atomic E-state index is 12.2. The first kappa shape index (κ1) is 14.4. The number of nitrogen functional groups attached to an aromatic ring is 1. The normalized spacial score (nSPS) is 10.2. The largest absolute Gasteiger partial charge is 0.398 e.